The molecule has 0 aliphatic carbocycles. The fraction of sp³-hybridized carbons (Fsp3) is 0.304. The van der Waals surface area contributed by atoms with Crippen LogP contribution in [0, 0.1) is 0 Å². The summed E-state index contributed by atoms with van der Waals surface area (Å²) in [7, 11) is 5.18. The van der Waals surface area contributed by atoms with Crippen molar-refractivity contribution in [3.8, 4) is 17.0 Å². The van der Waals surface area contributed by atoms with Crippen molar-refractivity contribution in [1.82, 2.24) is 19.6 Å². The molecule has 0 fully saturated rings. The van der Waals surface area contributed by atoms with Gasteiger partial charge in [-0.2, -0.15) is 10.2 Å². The van der Waals surface area contributed by atoms with Gasteiger partial charge in [0, 0.05) is 43.9 Å². The highest BCUT2D eigenvalue weighted by atomic mass is 16.7. The van der Waals surface area contributed by atoms with Crippen LogP contribution < -0.4 is 10.1 Å². The van der Waals surface area contributed by atoms with E-state index in [0.717, 1.165) is 39.3 Å². The molecule has 31 heavy (non-hydrogen) atoms. The van der Waals surface area contributed by atoms with Crippen molar-refractivity contribution in [1.29, 1.82) is 0 Å². The molecule has 1 N–H and O–H groups in total. The Bertz CT molecular complexity index is 1170. The second kappa shape index (κ2) is 9.20. The van der Waals surface area contributed by atoms with E-state index < -0.39 is 6.41 Å². The number of aryl methyl sites for hydroxylation is 2. The Morgan fingerprint density at radius 3 is 2.68 bits per heavy atom. The van der Waals surface area contributed by atoms with Crippen molar-refractivity contribution >= 4 is 16.7 Å². The van der Waals surface area contributed by atoms with Crippen LogP contribution in [0.5, 0.6) is 5.75 Å². The molecule has 0 bridgehead atoms. The van der Waals surface area contributed by atoms with Crippen molar-refractivity contribution in [2.24, 2.45) is 7.05 Å². The average Bonchev–Trinajstić information content (AvgIpc) is 3.37. The van der Waals surface area contributed by atoms with Crippen molar-refractivity contribution in [3.63, 3.8) is 0 Å². The average molecular weight is 422 g/mol. The Kier molecular flexibility index (Phi) is 6.20. The lowest BCUT2D eigenvalue weighted by atomic mass is 10.1. The van der Waals surface area contributed by atoms with Gasteiger partial charge >= 0.3 is 0 Å². The zero-order valence-corrected chi connectivity index (χ0v) is 18.2. The van der Waals surface area contributed by atoms with Crippen molar-refractivity contribution in [2.75, 3.05) is 19.5 Å². The molecule has 0 aliphatic rings. The SMILES string of the molecule is CCn1nc(-c2ccccc2OC)cc1NC(OC)OCc1ccc2nn(C)cc2c1. The largest absolute Gasteiger partial charge is 0.496 e. The van der Waals surface area contributed by atoms with Crippen LogP contribution in [0.25, 0.3) is 22.2 Å². The topological polar surface area (TPSA) is 75.4 Å². The summed E-state index contributed by atoms with van der Waals surface area (Å²) < 4.78 is 20.6. The van der Waals surface area contributed by atoms with Gasteiger partial charge in [0.2, 0.25) is 6.41 Å². The van der Waals surface area contributed by atoms with E-state index in [1.54, 1.807) is 18.9 Å². The third-order valence-corrected chi connectivity index (χ3v) is 5.03. The summed E-state index contributed by atoms with van der Waals surface area (Å²) in [5, 5.41) is 13.5. The Morgan fingerprint density at radius 1 is 1.06 bits per heavy atom. The van der Waals surface area contributed by atoms with Crippen LogP contribution in [0.2, 0.25) is 0 Å². The first-order valence-corrected chi connectivity index (χ1v) is 10.2. The number of benzene rings is 2. The van der Waals surface area contributed by atoms with Gasteiger partial charge in [-0.25, -0.2) is 4.68 Å². The van der Waals surface area contributed by atoms with Crippen LogP contribution in [-0.4, -0.2) is 40.2 Å². The van der Waals surface area contributed by atoms with Gasteiger partial charge in [0.05, 0.1) is 24.9 Å². The number of nitrogens with one attached hydrogen (secondary N) is 1. The summed E-state index contributed by atoms with van der Waals surface area (Å²) in [5.74, 6) is 1.58. The Morgan fingerprint density at radius 2 is 1.90 bits per heavy atom. The third-order valence-electron chi connectivity index (χ3n) is 5.03. The van der Waals surface area contributed by atoms with Gasteiger partial charge in [-0.15, -0.1) is 0 Å². The third kappa shape index (κ3) is 4.55. The standard InChI is InChI=1S/C23H27N5O3/c1-5-28-22(13-20(26-28)18-8-6-7-9-21(18)29-3)24-23(30-4)31-15-16-10-11-19-17(12-16)14-27(2)25-19/h6-14,23-24H,5,15H2,1-4H3. The van der Waals surface area contributed by atoms with Crippen LogP contribution in [0.1, 0.15) is 12.5 Å². The van der Waals surface area contributed by atoms with Crippen LogP contribution in [-0.2, 0) is 29.7 Å². The van der Waals surface area contributed by atoms with Crippen LogP contribution in [0.15, 0.2) is 54.7 Å². The van der Waals surface area contributed by atoms with Crippen LogP contribution in [0.3, 0.4) is 0 Å². The van der Waals surface area contributed by atoms with Crippen molar-refractivity contribution in [2.45, 2.75) is 26.5 Å². The quantitative estimate of drug-likeness (QED) is 0.412. The molecule has 0 aliphatic heterocycles. The molecule has 2 aromatic carbocycles. The summed E-state index contributed by atoms with van der Waals surface area (Å²) in [5.41, 5.74) is 3.75. The molecule has 1 atom stereocenters. The molecule has 1 unspecified atom stereocenters. The number of rotatable bonds is 9. The summed E-state index contributed by atoms with van der Waals surface area (Å²) in [6.45, 7) is 3.14. The fourth-order valence-electron chi connectivity index (χ4n) is 3.51. The van der Waals surface area contributed by atoms with Gasteiger partial charge in [0.25, 0.3) is 0 Å². The number of fused-ring (bicyclic) bond motifs is 1. The van der Waals surface area contributed by atoms with E-state index >= 15 is 0 Å². The minimum absolute atomic E-state index is 0.399. The number of nitrogens with zero attached hydrogens (tertiary/aromatic N) is 4. The normalized spacial score (nSPS) is 12.3. The first-order chi connectivity index (χ1) is 15.1. The molecule has 0 radical (unpaired) electrons. The predicted molar refractivity (Wildman–Crippen MR) is 120 cm³/mol. The van der Waals surface area contributed by atoms with Crippen LogP contribution >= 0.6 is 0 Å². The Balaban J connectivity index is 1.49. The second-order valence-electron chi connectivity index (χ2n) is 7.15. The highest BCUT2D eigenvalue weighted by Crippen LogP contribution is 2.30. The van der Waals surface area contributed by atoms with Gasteiger partial charge in [-0.1, -0.05) is 18.2 Å². The molecule has 0 amide bonds. The molecule has 162 valence electrons. The number of para-hydroxylation sites is 1. The zero-order valence-electron chi connectivity index (χ0n) is 18.2. The molecule has 0 saturated carbocycles. The summed E-state index contributed by atoms with van der Waals surface area (Å²) in [6.07, 6.45) is 1.36. The molecule has 0 saturated heterocycles. The number of methoxy groups -OCH3 is 2. The number of hydrogen-bond donors (Lipinski definition) is 1. The molecular weight excluding hydrogens is 394 g/mol. The van der Waals surface area contributed by atoms with Gasteiger partial charge in [-0.05, 0) is 36.8 Å². The molecule has 8 nitrogen and oxygen atoms in total. The maximum atomic E-state index is 5.97. The van der Waals surface area contributed by atoms with E-state index in [2.05, 4.69) is 16.5 Å². The summed E-state index contributed by atoms with van der Waals surface area (Å²) in [4.78, 5) is 0. The van der Waals surface area contributed by atoms with E-state index in [4.69, 9.17) is 19.3 Å². The lowest BCUT2D eigenvalue weighted by Crippen LogP contribution is -2.26. The smallest absolute Gasteiger partial charge is 0.239 e. The fourth-order valence-corrected chi connectivity index (χ4v) is 3.51. The lowest BCUT2D eigenvalue weighted by molar-refractivity contribution is -0.112. The number of aromatic nitrogens is 4. The molecule has 8 heteroatoms. The maximum absolute atomic E-state index is 5.97. The number of anilines is 1. The predicted octanol–water partition coefficient (Wildman–Crippen LogP) is 4.02. The van der Waals surface area contributed by atoms with Gasteiger partial charge in [-0.3, -0.25) is 4.68 Å². The van der Waals surface area contributed by atoms with E-state index in [9.17, 15) is 0 Å². The van der Waals surface area contributed by atoms with Gasteiger partial charge in [0.1, 0.15) is 11.6 Å². The molecule has 4 aromatic rings. The minimum atomic E-state index is -0.628. The first kappa shape index (κ1) is 20.9. The molecule has 2 heterocycles. The minimum Gasteiger partial charge on any atom is -0.496 e. The molecular formula is C23H27N5O3. The summed E-state index contributed by atoms with van der Waals surface area (Å²) >= 11 is 0. The lowest BCUT2D eigenvalue weighted by Gasteiger charge is -2.19. The van der Waals surface area contributed by atoms with E-state index in [1.807, 2.05) is 67.3 Å². The molecule has 2 aromatic heterocycles. The molecule has 0 spiro atoms. The highest BCUT2D eigenvalue weighted by Gasteiger charge is 2.16. The Labute approximate surface area is 181 Å². The highest BCUT2D eigenvalue weighted by molar-refractivity contribution is 5.78. The van der Waals surface area contributed by atoms with Crippen molar-refractivity contribution in [3.05, 3.63) is 60.3 Å². The van der Waals surface area contributed by atoms with E-state index in [0.29, 0.717) is 13.2 Å². The van der Waals surface area contributed by atoms with Crippen molar-refractivity contribution < 1.29 is 14.2 Å². The van der Waals surface area contributed by atoms with E-state index in [1.165, 1.54) is 0 Å². The van der Waals surface area contributed by atoms with Crippen LogP contribution in [0.4, 0.5) is 5.82 Å². The van der Waals surface area contributed by atoms with Gasteiger partial charge in [0.15, 0.2) is 0 Å². The second-order valence-corrected chi connectivity index (χ2v) is 7.15. The zero-order chi connectivity index (χ0) is 21.8. The van der Waals surface area contributed by atoms with E-state index in [-0.39, 0.29) is 0 Å². The maximum Gasteiger partial charge on any atom is 0.239 e. The monoisotopic (exact) mass is 421 g/mol. The number of ether oxygens (including phenoxy) is 3. The summed E-state index contributed by atoms with van der Waals surface area (Å²) in [6, 6.07) is 15.9. The van der Waals surface area contributed by atoms with Gasteiger partial charge < -0.3 is 19.5 Å². The molecule has 4 rings (SSSR count). The Hall–Kier alpha value is -3.36. The number of hydrogen-bond acceptors (Lipinski definition) is 6. The first-order valence-electron chi connectivity index (χ1n) is 10.2.